The fraction of sp³-hybridized carbons (Fsp3) is 0.167. The van der Waals surface area contributed by atoms with Gasteiger partial charge in [0, 0.05) is 29.3 Å². The van der Waals surface area contributed by atoms with Gasteiger partial charge in [0.15, 0.2) is 5.17 Å². The molecular weight excluding hydrogens is 418 g/mol. The van der Waals surface area contributed by atoms with E-state index < -0.39 is 5.25 Å². The van der Waals surface area contributed by atoms with Crippen LogP contribution >= 0.6 is 27.7 Å². The number of amidine groups is 1. The molecule has 134 valence electrons. The highest BCUT2D eigenvalue weighted by Crippen LogP contribution is 2.30. The second-order valence-corrected chi connectivity index (χ2v) is 7.76. The molecular formula is C18H16BrN3O3S. The number of halogens is 1. The summed E-state index contributed by atoms with van der Waals surface area (Å²) in [5.74, 6) is -0.384. The molecule has 26 heavy (non-hydrogen) atoms. The Morgan fingerprint density at radius 3 is 2.54 bits per heavy atom. The van der Waals surface area contributed by atoms with Crippen molar-refractivity contribution in [3.05, 3.63) is 53.0 Å². The first kappa shape index (κ1) is 18.5. The first-order valence-corrected chi connectivity index (χ1v) is 9.47. The molecule has 0 spiro atoms. The number of hydrogen-bond donors (Lipinski definition) is 2. The Hall–Kier alpha value is -2.32. The average molecular weight is 434 g/mol. The first-order chi connectivity index (χ1) is 12.4. The fourth-order valence-electron chi connectivity index (χ4n) is 2.35. The third-order valence-electron chi connectivity index (χ3n) is 3.75. The number of phenolic OH excluding ortho intramolecular Hbond substituents is 1. The molecule has 2 N–H and O–H groups in total. The van der Waals surface area contributed by atoms with Crippen molar-refractivity contribution in [2.45, 2.75) is 11.7 Å². The molecule has 8 heteroatoms. The van der Waals surface area contributed by atoms with Crippen LogP contribution < -0.4 is 10.2 Å². The van der Waals surface area contributed by atoms with Crippen molar-refractivity contribution in [2.75, 3.05) is 17.3 Å². The number of thioether (sulfide) groups is 1. The molecule has 2 aromatic rings. The van der Waals surface area contributed by atoms with Crippen molar-refractivity contribution in [2.24, 2.45) is 4.99 Å². The number of nitrogens with one attached hydrogen (secondary N) is 1. The second-order valence-electron chi connectivity index (χ2n) is 5.67. The van der Waals surface area contributed by atoms with Crippen LogP contribution in [0.25, 0.3) is 0 Å². The number of nitrogens with zero attached hydrogens (tertiary/aromatic N) is 2. The summed E-state index contributed by atoms with van der Waals surface area (Å²) in [4.78, 5) is 30.2. The number of anilines is 2. The second kappa shape index (κ2) is 7.92. The van der Waals surface area contributed by atoms with Crippen LogP contribution in [0.4, 0.5) is 11.4 Å². The van der Waals surface area contributed by atoms with Crippen LogP contribution in [0.2, 0.25) is 0 Å². The normalized spacial score (nSPS) is 16.3. The van der Waals surface area contributed by atoms with Gasteiger partial charge in [-0.2, -0.15) is 4.99 Å². The molecule has 2 aromatic carbocycles. The van der Waals surface area contributed by atoms with Crippen LogP contribution in [0.1, 0.15) is 6.42 Å². The summed E-state index contributed by atoms with van der Waals surface area (Å²) in [5.41, 5.74) is 1.47. The molecule has 0 aromatic heterocycles. The first-order valence-electron chi connectivity index (χ1n) is 7.80. The summed E-state index contributed by atoms with van der Waals surface area (Å²) < 4.78 is 0.923. The number of hydrogen-bond acceptors (Lipinski definition) is 5. The van der Waals surface area contributed by atoms with Crippen LogP contribution in [-0.4, -0.2) is 34.4 Å². The topological polar surface area (TPSA) is 82.0 Å². The maximum atomic E-state index is 12.2. The van der Waals surface area contributed by atoms with E-state index in [-0.39, 0.29) is 24.0 Å². The molecule has 0 fully saturated rings. The van der Waals surface area contributed by atoms with Gasteiger partial charge in [0.2, 0.25) is 5.91 Å². The van der Waals surface area contributed by atoms with Gasteiger partial charge >= 0.3 is 0 Å². The Morgan fingerprint density at radius 2 is 1.88 bits per heavy atom. The Labute approximate surface area is 163 Å². The third-order valence-corrected chi connectivity index (χ3v) is 5.51. The molecule has 2 amide bonds. The SMILES string of the molecule is CN(C1=NC(=O)[C@@H](CC(=O)Nc2ccc(Br)cc2)S1)c1ccc(O)cc1. The van der Waals surface area contributed by atoms with E-state index in [0.717, 1.165) is 10.2 Å². The standard InChI is InChI=1S/C18H16BrN3O3S/c1-22(13-6-8-14(23)9-7-13)18-21-17(25)15(26-18)10-16(24)20-12-4-2-11(19)3-5-12/h2-9,15,23H,10H2,1H3,(H,20,24)/t15-/m1/s1. The van der Waals surface area contributed by atoms with Gasteiger partial charge in [-0.15, -0.1) is 0 Å². The third kappa shape index (κ3) is 4.44. The van der Waals surface area contributed by atoms with Crippen LogP contribution in [0.15, 0.2) is 58.0 Å². The molecule has 0 radical (unpaired) electrons. The number of aliphatic imine (C=N–C) groups is 1. The monoisotopic (exact) mass is 433 g/mol. The summed E-state index contributed by atoms with van der Waals surface area (Å²) in [7, 11) is 1.79. The number of phenols is 1. The van der Waals surface area contributed by atoms with E-state index in [9.17, 15) is 14.7 Å². The van der Waals surface area contributed by atoms with E-state index in [1.54, 1.807) is 48.3 Å². The highest BCUT2D eigenvalue weighted by atomic mass is 79.9. The number of aromatic hydroxyl groups is 1. The van der Waals surface area contributed by atoms with Crippen LogP contribution in [0.5, 0.6) is 5.75 Å². The number of amides is 2. The molecule has 0 bridgehead atoms. The lowest BCUT2D eigenvalue weighted by Crippen LogP contribution is -2.24. The van der Waals surface area contributed by atoms with Crippen molar-refractivity contribution in [3.63, 3.8) is 0 Å². The molecule has 0 saturated heterocycles. The predicted molar refractivity (Wildman–Crippen MR) is 108 cm³/mol. The van der Waals surface area contributed by atoms with Gasteiger partial charge in [-0.25, -0.2) is 0 Å². The summed E-state index contributed by atoms with van der Waals surface area (Å²) in [5, 5.41) is 12.1. The molecule has 0 unspecified atom stereocenters. The van der Waals surface area contributed by atoms with Gasteiger partial charge in [0.05, 0.1) is 0 Å². The molecule has 1 aliphatic rings. The average Bonchev–Trinajstić information content (AvgIpc) is 2.97. The minimum atomic E-state index is -0.542. The molecule has 1 aliphatic heterocycles. The minimum Gasteiger partial charge on any atom is -0.508 e. The van der Waals surface area contributed by atoms with E-state index in [4.69, 9.17) is 0 Å². The Morgan fingerprint density at radius 1 is 1.23 bits per heavy atom. The maximum absolute atomic E-state index is 12.2. The molecule has 1 heterocycles. The van der Waals surface area contributed by atoms with E-state index >= 15 is 0 Å². The van der Waals surface area contributed by atoms with Gasteiger partial charge in [0.1, 0.15) is 11.0 Å². The number of carbonyl (C=O) groups is 2. The van der Waals surface area contributed by atoms with Crippen molar-refractivity contribution < 1.29 is 14.7 Å². The Kier molecular flexibility index (Phi) is 5.63. The largest absolute Gasteiger partial charge is 0.508 e. The molecule has 1 atom stereocenters. The van der Waals surface area contributed by atoms with E-state index in [0.29, 0.717) is 10.9 Å². The zero-order chi connectivity index (χ0) is 18.7. The lowest BCUT2D eigenvalue weighted by molar-refractivity contribution is -0.121. The Bertz CT molecular complexity index is 853. The van der Waals surface area contributed by atoms with E-state index in [1.807, 2.05) is 12.1 Å². The summed E-state index contributed by atoms with van der Waals surface area (Å²) in [6.45, 7) is 0. The molecule has 0 aliphatic carbocycles. The van der Waals surface area contributed by atoms with E-state index in [1.165, 1.54) is 11.8 Å². The van der Waals surface area contributed by atoms with Crippen LogP contribution in [0, 0.1) is 0 Å². The lowest BCUT2D eigenvalue weighted by Gasteiger charge is -2.18. The summed E-state index contributed by atoms with van der Waals surface area (Å²) in [6.07, 6.45) is 0.0516. The molecule has 0 saturated carbocycles. The van der Waals surface area contributed by atoms with Crippen molar-refractivity contribution in [1.82, 2.24) is 0 Å². The van der Waals surface area contributed by atoms with E-state index in [2.05, 4.69) is 26.2 Å². The van der Waals surface area contributed by atoms with Crippen molar-refractivity contribution >= 4 is 56.0 Å². The van der Waals surface area contributed by atoms with Crippen molar-refractivity contribution in [3.8, 4) is 5.75 Å². The van der Waals surface area contributed by atoms with Gasteiger partial charge < -0.3 is 15.3 Å². The quantitative estimate of drug-likeness (QED) is 0.769. The minimum absolute atomic E-state index is 0.0516. The summed E-state index contributed by atoms with van der Waals surface area (Å²) in [6, 6.07) is 13.8. The van der Waals surface area contributed by atoms with Gasteiger partial charge in [-0.05, 0) is 48.5 Å². The van der Waals surface area contributed by atoms with Crippen LogP contribution in [0.3, 0.4) is 0 Å². The van der Waals surface area contributed by atoms with Gasteiger partial charge in [-0.1, -0.05) is 27.7 Å². The van der Waals surface area contributed by atoms with Gasteiger partial charge in [-0.3, -0.25) is 9.59 Å². The highest BCUT2D eigenvalue weighted by Gasteiger charge is 2.32. The van der Waals surface area contributed by atoms with Crippen LogP contribution in [-0.2, 0) is 9.59 Å². The molecule has 6 nitrogen and oxygen atoms in total. The number of carbonyl (C=O) groups excluding carboxylic acids is 2. The molecule has 3 rings (SSSR count). The predicted octanol–water partition coefficient (Wildman–Crippen LogP) is 3.62. The number of rotatable bonds is 4. The highest BCUT2D eigenvalue weighted by molar-refractivity contribution is 9.10. The summed E-state index contributed by atoms with van der Waals surface area (Å²) >= 11 is 4.60. The zero-order valence-electron chi connectivity index (χ0n) is 13.8. The smallest absolute Gasteiger partial charge is 0.262 e. The zero-order valence-corrected chi connectivity index (χ0v) is 16.3. The van der Waals surface area contributed by atoms with Gasteiger partial charge in [0.25, 0.3) is 5.91 Å². The number of benzene rings is 2. The Balaban J connectivity index is 1.59. The fourth-order valence-corrected chi connectivity index (χ4v) is 3.67. The lowest BCUT2D eigenvalue weighted by atomic mass is 10.2. The maximum Gasteiger partial charge on any atom is 0.262 e. The van der Waals surface area contributed by atoms with Crippen molar-refractivity contribution in [1.29, 1.82) is 0 Å².